The van der Waals surface area contributed by atoms with Gasteiger partial charge in [-0.2, -0.15) is 0 Å². The normalized spacial score (nSPS) is 24.8. The first-order valence-corrected chi connectivity index (χ1v) is 11.4. The number of ether oxygens (including phenoxy) is 1. The molecule has 0 unspecified atom stereocenters. The van der Waals surface area contributed by atoms with E-state index in [1.54, 1.807) is 42.5 Å². The summed E-state index contributed by atoms with van der Waals surface area (Å²) in [6.45, 7) is 0. The van der Waals surface area contributed by atoms with Crippen LogP contribution in [0.1, 0.15) is 32.4 Å². The number of fused-ring (bicyclic) bond motifs is 3. The number of benzene rings is 3. The van der Waals surface area contributed by atoms with Crippen LogP contribution in [0.2, 0.25) is 0 Å². The Balaban J connectivity index is 1.55. The average molecular weight is 520 g/mol. The highest BCUT2D eigenvalue weighted by atomic mass is 79.9. The molecule has 2 amide bonds. The fraction of sp³-hybridized carbons (Fsp3) is 0.154. The number of nitrogens with zero attached hydrogens (tertiary/aromatic N) is 1. The largest absolute Gasteiger partial charge is 0.349 e. The highest BCUT2D eigenvalue weighted by Crippen LogP contribution is 2.57. The lowest BCUT2D eigenvalue weighted by Crippen LogP contribution is -2.51. The van der Waals surface area contributed by atoms with Gasteiger partial charge in [0.2, 0.25) is 29.0 Å². The van der Waals surface area contributed by atoms with Crippen LogP contribution in [0.5, 0.6) is 0 Å². The molecule has 6 rings (SSSR count). The Bertz CT molecular complexity index is 1380. The molecule has 8 heteroatoms. The fourth-order valence-electron chi connectivity index (χ4n) is 5.35. The molecular formula is C26H15BrFNO5. The first-order chi connectivity index (χ1) is 16.3. The second kappa shape index (κ2) is 7.25. The molecule has 3 aromatic carbocycles. The van der Waals surface area contributed by atoms with Crippen molar-refractivity contribution in [2.24, 2.45) is 11.8 Å². The molecule has 168 valence electrons. The second-order valence-corrected chi connectivity index (χ2v) is 9.44. The molecule has 0 N–H and O–H groups in total. The van der Waals surface area contributed by atoms with Crippen LogP contribution in [-0.4, -0.2) is 29.0 Å². The SMILES string of the molecule is O=C1[C@H]2[C@H](c3cccc(F)c3)OC3(C(=O)c4ccccc4C3=O)[C@H]2C(=O)N1c1ccc(Br)cc1. The molecule has 6 nitrogen and oxygen atoms in total. The molecule has 3 atom stereocenters. The number of ketones is 2. The molecule has 3 aromatic rings. The first kappa shape index (κ1) is 21.1. The van der Waals surface area contributed by atoms with Crippen molar-refractivity contribution >= 4 is 45.0 Å². The summed E-state index contributed by atoms with van der Waals surface area (Å²) in [7, 11) is 0. The van der Waals surface area contributed by atoms with E-state index in [4.69, 9.17) is 4.74 Å². The number of anilines is 1. The predicted molar refractivity (Wildman–Crippen MR) is 122 cm³/mol. The molecule has 2 fully saturated rings. The fourth-order valence-corrected chi connectivity index (χ4v) is 5.61. The molecule has 0 saturated carbocycles. The quantitative estimate of drug-likeness (QED) is 0.372. The Morgan fingerprint density at radius 1 is 0.824 bits per heavy atom. The van der Waals surface area contributed by atoms with Crippen molar-refractivity contribution in [1.29, 1.82) is 0 Å². The minimum Gasteiger partial charge on any atom is -0.349 e. The Labute approximate surface area is 201 Å². The van der Waals surface area contributed by atoms with E-state index in [0.29, 0.717) is 5.69 Å². The van der Waals surface area contributed by atoms with Crippen molar-refractivity contribution in [3.63, 3.8) is 0 Å². The number of hydrogen-bond acceptors (Lipinski definition) is 5. The standard InChI is InChI=1S/C26H15BrFNO5/c27-14-8-10-16(11-9-14)29-24(32)19-20(25(29)33)26(34-21(19)13-4-3-5-15(28)12-13)22(30)17-6-1-2-7-18(17)23(26)31/h1-12,19-21H/t19-,20-,21+/m1/s1. The van der Waals surface area contributed by atoms with Crippen molar-refractivity contribution < 1.29 is 28.3 Å². The van der Waals surface area contributed by atoms with Crippen LogP contribution < -0.4 is 4.90 Å². The van der Waals surface area contributed by atoms with Crippen molar-refractivity contribution in [3.8, 4) is 0 Å². The van der Waals surface area contributed by atoms with Crippen molar-refractivity contribution in [2.45, 2.75) is 11.7 Å². The van der Waals surface area contributed by atoms with Crippen LogP contribution in [0.4, 0.5) is 10.1 Å². The number of carbonyl (C=O) groups is 4. The van der Waals surface area contributed by atoms with E-state index in [1.165, 1.54) is 30.3 Å². The van der Waals surface area contributed by atoms with Gasteiger partial charge < -0.3 is 4.74 Å². The van der Waals surface area contributed by atoms with Crippen molar-refractivity contribution in [2.75, 3.05) is 4.90 Å². The highest BCUT2D eigenvalue weighted by Gasteiger charge is 2.74. The van der Waals surface area contributed by atoms with Crippen molar-refractivity contribution in [1.82, 2.24) is 0 Å². The Hall–Kier alpha value is -3.49. The Kier molecular flexibility index (Phi) is 4.49. The third-order valence-corrected chi connectivity index (χ3v) is 7.31. The maximum atomic E-state index is 14.1. The summed E-state index contributed by atoms with van der Waals surface area (Å²) < 4.78 is 21.0. The predicted octanol–water partition coefficient (Wildman–Crippen LogP) is 4.28. The smallest absolute Gasteiger partial charge is 0.241 e. The minimum absolute atomic E-state index is 0.147. The zero-order valence-electron chi connectivity index (χ0n) is 17.4. The van der Waals surface area contributed by atoms with E-state index in [-0.39, 0.29) is 16.7 Å². The molecular weight excluding hydrogens is 505 g/mol. The summed E-state index contributed by atoms with van der Waals surface area (Å²) in [6, 6.07) is 18.3. The summed E-state index contributed by atoms with van der Waals surface area (Å²) in [5.41, 5.74) is -1.29. The monoisotopic (exact) mass is 519 g/mol. The van der Waals surface area contributed by atoms with E-state index in [9.17, 15) is 23.6 Å². The Morgan fingerprint density at radius 3 is 2.09 bits per heavy atom. The second-order valence-electron chi connectivity index (χ2n) is 8.52. The van der Waals surface area contributed by atoms with Crippen LogP contribution in [0, 0.1) is 17.7 Å². The number of hydrogen-bond donors (Lipinski definition) is 0. The average Bonchev–Trinajstić information content (AvgIpc) is 3.40. The van der Waals surface area contributed by atoms with Gasteiger partial charge in [-0.3, -0.25) is 19.2 Å². The molecule has 3 aliphatic rings. The first-order valence-electron chi connectivity index (χ1n) is 10.6. The molecule has 34 heavy (non-hydrogen) atoms. The molecule has 2 aliphatic heterocycles. The van der Waals surface area contributed by atoms with Gasteiger partial charge in [0.25, 0.3) is 0 Å². The van der Waals surface area contributed by atoms with Gasteiger partial charge in [-0.15, -0.1) is 0 Å². The lowest BCUT2D eigenvalue weighted by molar-refractivity contribution is -0.127. The van der Waals surface area contributed by atoms with Gasteiger partial charge in [-0.1, -0.05) is 52.3 Å². The van der Waals surface area contributed by atoms with Crippen LogP contribution >= 0.6 is 15.9 Å². The van der Waals surface area contributed by atoms with Crippen LogP contribution in [0.25, 0.3) is 0 Å². The van der Waals surface area contributed by atoms with Gasteiger partial charge in [0.05, 0.1) is 23.6 Å². The minimum atomic E-state index is -2.18. The molecule has 1 spiro atoms. The van der Waals surface area contributed by atoms with Gasteiger partial charge in [0.15, 0.2) is 0 Å². The van der Waals surface area contributed by atoms with Gasteiger partial charge in [-0.25, -0.2) is 9.29 Å². The van der Waals surface area contributed by atoms with Gasteiger partial charge in [0.1, 0.15) is 5.82 Å². The molecule has 2 heterocycles. The summed E-state index contributed by atoms with van der Waals surface area (Å²) in [6.07, 6.45) is -1.15. The number of amides is 2. The summed E-state index contributed by atoms with van der Waals surface area (Å²) >= 11 is 3.33. The Morgan fingerprint density at radius 2 is 1.47 bits per heavy atom. The maximum Gasteiger partial charge on any atom is 0.241 e. The third-order valence-electron chi connectivity index (χ3n) is 6.78. The van der Waals surface area contributed by atoms with E-state index in [1.807, 2.05) is 0 Å². The van der Waals surface area contributed by atoms with Gasteiger partial charge >= 0.3 is 0 Å². The van der Waals surface area contributed by atoms with E-state index in [0.717, 1.165) is 9.37 Å². The third kappa shape index (κ3) is 2.63. The lowest BCUT2D eigenvalue weighted by atomic mass is 9.77. The summed E-state index contributed by atoms with van der Waals surface area (Å²) in [5, 5.41) is 0. The summed E-state index contributed by atoms with van der Waals surface area (Å²) in [4.78, 5) is 55.7. The van der Waals surface area contributed by atoms with Gasteiger partial charge in [-0.05, 0) is 42.0 Å². The highest BCUT2D eigenvalue weighted by molar-refractivity contribution is 9.10. The zero-order valence-corrected chi connectivity index (χ0v) is 19.0. The van der Waals surface area contributed by atoms with E-state index < -0.39 is 52.7 Å². The number of Topliss-reactive ketones (excluding diaryl/α,β-unsaturated/α-hetero) is 2. The molecule has 2 saturated heterocycles. The van der Waals surface area contributed by atoms with E-state index >= 15 is 0 Å². The number of halogens is 2. The number of imide groups is 1. The molecule has 0 bridgehead atoms. The van der Waals surface area contributed by atoms with Crippen LogP contribution in [-0.2, 0) is 14.3 Å². The number of carbonyl (C=O) groups excluding carboxylic acids is 4. The molecule has 0 aromatic heterocycles. The van der Waals surface area contributed by atoms with Gasteiger partial charge in [0, 0.05) is 15.6 Å². The van der Waals surface area contributed by atoms with Crippen molar-refractivity contribution in [3.05, 3.63) is 99.8 Å². The summed E-state index contributed by atoms with van der Waals surface area (Å²) in [5.74, 6) is -5.69. The van der Waals surface area contributed by atoms with Crippen LogP contribution in [0.15, 0.2) is 77.3 Å². The van der Waals surface area contributed by atoms with Crippen LogP contribution in [0.3, 0.4) is 0 Å². The topological polar surface area (TPSA) is 80.8 Å². The zero-order chi connectivity index (χ0) is 23.8. The lowest BCUT2D eigenvalue weighted by Gasteiger charge is -2.27. The molecule has 0 radical (unpaired) electrons. The van der Waals surface area contributed by atoms with E-state index in [2.05, 4.69) is 15.9 Å². The maximum absolute atomic E-state index is 14.1. The molecule has 1 aliphatic carbocycles. The number of rotatable bonds is 2.